The van der Waals surface area contributed by atoms with Crippen molar-refractivity contribution in [3.05, 3.63) is 0 Å². The van der Waals surface area contributed by atoms with Crippen molar-refractivity contribution in [2.75, 3.05) is 0 Å². The molecule has 0 bridgehead atoms. The van der Waals surface area contributed by atoms with Crippen molar-refractivity contribution < 1.29 is 14.6 Å². The Morgan fingerprint density at radius 1 is 1.08 bits per heavy atom. The molecule has 0 saturated carbocycles. The van der Waals surface area contributed by atoms with Gasteiger partial charge in [-0.15, -0.1) is 0 Å². The van der Waals surface area contributed by atoms with Crippen LogP contribution in [0.3, 0.4) is 0 Å². The van der Waals surface area contributed by atoms with E-state index in [1.165, 1.54) is 0 Å². The molecule has 0 aromatic carbocycles. The smallest absolute Gasteiger partial charge is 0.268 e. The summed E-state index contributed by atoms with van der Waals surface area (Å²) in [5.41, 5.74) is -0.150. The largest absolute Gasteiger partial charge is 0.370 e. The van der Waals surface area contributed by atoms with Gasteiger partial charge in [0.05, 0.1) is 0 Å². The minimum Gasteiger partial charge on any atom is -0.370 e. The Kier molecular flexibility index (Phi) is 3.72. The lowest BCUT2D eigenvalue weighted by molar-refractivity contribution is -0.310. The highest BCUT2D eigenvalue weighted by Crippen LogP contribution is 2.28. The van der Waals surface area contributed by atoms with Crippen LogP contribution in [0.1, 0.15) is 27.2 Å². The van der Waals surface area contributed by atoms with E-state index in [1.807, 2.05) is 40.4 Å². The lowest BCUT2D eigenvalue weighted by Gasteiger charge is -2.34. The zero-order valence-corrected chi connectivity index (χ0v) is 10.5. The van der Waals surface area contributed by atoms with Crippen molar-refractivity contribution in [1.29, 1.82) is 0 Å². The van der Waals surface area contributed by atoms with Crippen LogP contribution in [0, 0.1) is 5.41 Å². The van der Waals surface area contributed by atoms with Gasteiger partial charge in [-0.2, -0.15) is 0 Å². The lowest BCUT2D eigenvalue weighted by Crippen LogP contribution is -2.44. The highest BCUT2D eigenvalue weighted by atomic mass is 28.4. The molecule has 0 aromatic rings. The minimum absolute atomic E-state index is 0.150. The van der Waals surface area contributed by atoms with E-state index in [2.05, 4.69) is 0 Å². The zero-order chi connectivity index (χ0) is 10.9. The first-order valence-corrected chi connectivity index (χ1v) is 7.97. The quantitative estimate of drug-likeness (QED) is 0.548. The van der Waals surface area contributed by atoms with Gasteiger partial charge < -0.3 is 14.6 Å². The maximum atomic E-state index is 9.55. The predicted octanol–water partition coefficient (Wildman–Crippen LogP) is 1.91. The first kappa shape index (κ1) is 13.1. The van der Waals surface area contributed by atoms with E-state index in [0.29, 0.717) is 0 Å². The molecule has 0 atom stereocenters. The second-order valence-electron chi connectivity index (χ2n) is 5.70. The summed E-state index contributed by atoms with van der Waals surface area (Å²) in [5.74, 6) is -1.97. The van der Waals surface area contributed by atoms with Gasteiger partial charge in [0.15, 0.2) is 8.32 Å². The molecule has 0 spiro atoms. The molecule has 2 N–H and O–H groups in total. The predicted molar refractivity (Wildman–Crippen MR) is 55.7 cm³/mol. The summed E-state index contributed by atoms with van der Waals surface area (Å²) in [6.07, 6.45) is 0.226. The molecule has 80 valence electrons. The second kappa shape index (κ2) is 3.69. The fraction of sp³-hybridized carbons (Fsp3) is 1.00. The second-order valence-corrected chi connectivity index (χ2v) is 10.1. The Morgan fingerprint density at radius 2 is 1.46 bits per heavy atom. The molecule has 0 rings (SSSR count). The third kappa shape index (κ3) is 8.43. The molecule has 0 aromatic heterocycles. The van der Waals surface area contributed by atoms with Gasteiger partial charge in [0.2, 0.25) is 0 Å². The molecule has 0 aliphatic rings. The molecule has 0 fully saturated rings. The topological polar surface area (TPSA) is 49.7 Å². The fourth-order valence-electron chi connectivity index (χ4n) is 1.22. The van der Waals surface area contributed by atoms with E-state index < -0.39 is 14.3 Å². The molecule has 0 aliphatic carbocycles. The summed E-state index contributed by atoms with van der Waals surface area (Å²) < 4.78 is 5.25. The molecular weight excluding hydrogens is 184 g/mol. The summed E-state index contributed by atoms with van der Waals surface area (Å²) in [6, 6.07) is 0. The number of aliphatic hydroxyl groups is 2. The first-order chi connectivity index (χ1) is 5.41. The van der Waals surface area contributed by atoms with Gasteiger partial charge in [0, 0.05) is 6.42 Å². The van der Waals surface area contributed by atoms with E-state index in [-0.39, 0.29) is 11.8 Å². The van der Waals surface area contributed by atoms with Gasteiger partial charge in [-0.25, -0.2) is 0 Å². The van der Waals surface area contributed by atoms with Crippen LogP contribution >= 0.6 is 0 Å². The molecule has 0 unspecified atom stereocenters. The first-order valence-electron chi connectivity index (χ1n) is 4.56. The average Bonchev–Trinajstić information content (AvgIpc) is 1.43. The summed E-state index contributed by atoms with van der Waals surface area (Å²) >= 11 is 0. The third-order valence-corrected chi connectivity index (χ3v) is 2.17. The monoisotopic (exact) mass is 206 g/mol. The fourth-order valence-corrected chi connectivity index (χ4v) is 2.27. The standard InChI is InChI=1S/C9H22O3Si/c1-8(2,3)7-9(10,11)12-13(4,5)6/h10-11H,7H2,1-6H3. The Morgan fingerprint density at radius 3 is 1.69 bits per heavy atom. The number of rotatable bonds is 3. The lowest BCUT2D eigenvalue weighted by atomic mass is 9.91. The Bertz CT molecular complexity index is 147. The van der Waals surface area contributed by atoms with Crippen LogP contribution < -0.4 is 0 Å². The van der Waals surface area contributed by atoms with Crippen molar-refractivity contribution in [2.24, 2.45) is 5.41 Å². The van der Waals surface area contributed by atoms with Gasteiger partial charge in [0.25, 0.3) is 5.97 Å². The Hall–Kier alpha value is 0.0969. The molecule has 0 amide bonds. The Balaban J connectivity index is 4.25. The van der Waals surface area contributed by atoms with E-state index in [0.717, 1.165) is 0 Å². The van der Waals surface area contributed by atoms with Crippen molar-refractivity contribution in [3.63, 3.8) is 0 Å². The number of hydrogen-bond acceptors (Lipinski definition) is 3. The SMILES string of the molecule is CC(C)(C)CC(O)(O)O[Si](C)(C)C. The van der Waals surface area contributed by atoms with Crippen LogP contribution in [0.4, 0.5) is 0 Å². The maximum absolute atomic E-state index is 9.55. The maximum Gasteiger partial charge on any atom is 0.268 e. The summed E-state index contributed by atoms with van der Waals surface area (Å²) in [6.45, 7) is 11.6. The van der Waals surface area contributed by atoms with Crippen LogP contribution in [-0.4, -0.2) is 24.5 Å². The minimum atomic E-state index is -1.97. The van der Waals surface area contributed by atoms with Gasteiger partial charge in [-0.3, -0.25) is 0 Å². The zero-order valence-electron chi connectivity index (χ0n) is 9.51. The van der Waals surface area contributed by atoms with Gasteiger partial charge in [0.1, 0.15) is 0 Å². The van der Waals surface area contributed by atoms with Gasteiger partial charge >= 0.3 is 0 Å². The van der Waals surface area contributed by atoms with E-state index in [1.54, 1.807) is 0 Å². The van der Waals surface area contributed by atoms with Crippen LogP contribution in [0.15, 0.2) is 0 Å². The van der Waals surface area contributed by atoms with Crippen molar-refractivity contribution in [1.82, 2.24) is 0 Å². The summed E-state index contributed by atoms with van der Waals surface area (Å²) in [7, 11) is -1.89. The van der Waals surface area contributed by atoms with Crippen LogP contribution in [-0.2, 0) is 4.43 Å². The van der Waals surface area contributed by atoms with Gasteiger partial charge in [-0.05, 0) is 25.1 Å². The normalized spacial score (nSPS) is 14.8. The average molecular weight is 206 g/mol. The van der Waals surface area contributed by atoms with Crippen molar-refractivity contribution >= 4 is 8.32 Å². The molecule has 4 heteroatoms. The molecular formula is C9H22O3Si. The van der Waals surface area contributed by atoms with Crippen molar-refractivity contribution in [2.45, 2.75) is 52.8 Å². The van der Waals surface area contributed by atoms with Crippen LogP contribution in [0.2, 0.25) is 19.6 Å². The number of hydrogen-bond donors (Lipinski definition) is 2. The Labute approximate surface area is 81.9 Å². The summed E-state index contributed by atoms with van der Waals surface area (Å²) in [4.78, 5) is 0. The van der Waals surface area contributed by atoms with E-state index in [4.69, 9.17) is 4.43 Å². The van der Waals surface area contributed by atoms with Gasteiger partial charge in [-0.1, -0.05) is 20.8 Å². The third-order valence-electron chi connectivity index (χ3n) is 1.23. The van der Waals surface area contributed by atoms with E-state index >= 15 is 0 Å². The van der Waals surface area contributed by atoms with Crippen LogP contribution in [0.5, 0.6) is 0 Å². The highest BCUT2D eigenvalue weighted by molar-refractivity contribution is 6.69. The molecule has 3 nitrogen and oxygen atoms in total. The molecule has 0 aliphatic heterocycles. The van der Waals surface area contributed by atoms with Crippen molar-refractivity contribution in [3.8, 4) is 0 Å². The molecule has 13 heavy (non-hydrogen) atoms. The molecule has 0 heterocycles. The molecule has 0 saturated heterocycles. The summed E-state index contributed by atoms with van der Waals surface area (Å²) in [5, 5.41) is 19.1. The van der Waals surface area contributed by atoms with E-state index in [9.17, 15) is 10.2 Å². The highest BCUT2D eigenvalue weighted by Gasteiger charge is 2.35. The van der Waals surface area contributed by atoms with Crippen LogP contribution in [0.25, 0.3) is 0 Å². The molecule has 0 radical (unpaired) electrons.